The van der Waals surface area contributed by atoms with Crippen LogP contribution in [0.4, 0.5) is 5.69 Å². The highest BCUT2D eigenvalue weighted by molar-refractivity contribution is 6.34. The minimum atomic E-state index is 0.0695. The molecule has 0 amide bonds. The summed E-state index contributed by atoms with van der Waals surface area (Å²) in [6, 6.07) is 5.74. The Labute approximate surface area is 119 Å². The minimum absolute atomic E-state index is 0.0695. The number of benzene rings is 1. The molecule has 104 valence electrons. The summed E-state index contributed by atoms with van der Waals surface area (Å²) >= 11 is 6.28. The van der Waals surface area contributed by atoms with Crippen LogP contribution in [0.1, 0.15) is 42.5 Å². The number of para-hydroxylation sites is 1. The van der Waals surface area contributed by atoms with E-state index in [2.05, 4.69) is 4.90 Å². The summed E-state index contributed by atoms with van der Waals surface area (Å²) in [5.41, 5.74) is 1.38. The summed E-state index contributed by atoms with van der Waals surface area (Å²) in [6.45, 7) is 0.593. The number of aliphatic hydroxyl groups is 1. The standard InChI is InChI=1S/C15H20ClNO2/c16-14-8-4-5-12(11-19)15(14)17(9-10-18)13-6-2-1-3-7-13/h4-5,8,11,13,18H,1-3,6-7,9-10H2. The zero-order valence-electron chi connectivity index (χ0n) is 11.0. The lowest BCUT2D eigenvalue weighted by atomic mass is 9.93. The molecule has 4 heteroatoms. The number of carbonyl (C=O) groups is 1. The summed E-state index contributed by atoms with van der Waals surface area (Å²) in [5, 5.41) is 9.90. The largest absolute Gasteiger partial charge is 0.395 e. The molecule has 1 N–H and O–H groups in total. The molecule has 0 bridgehead atoms. The van der Waals surface area contributed by atoms with Crippen molar-refractivity contribution in [1.29, 1.82) is 0 Å². The average molecular weight is 282 g/mol. The SMILES string of the molecule is O=Cc1cccc(Cl)c1N(CCO)C1CCCCC1. The zero-order chi connectivity index (χ0) is 13.7. The van der Waals surface area contributed by atoms with Crippen molar-refractivity contribution >= 4 is 23.6 Å². The molecule has 0 spiro atoms. The smallest absolute Gasteiger partial charge is 0.152 e. The van der Waals surface area contributed by atoms with E-state index < -0.39 is 0 Å². The predicted molar refractivity (Wildman–Crippen MR) is 78.1 cm³/mol. The van der Waals surface area contributed by atoms with Crippen LogP contribution in [0.25, 0.3) is 0 Å². The first kappa shape index (κ1) is 14.4. The van der Waals surface area contributed by atoms with Crippen molar-refractivity contribution in [2.75, 3.05) is 18.1 Å². The number of hydrogen-bond donors (Lipinski definition) is 1. The predicted octanol–water partition coefficient (Wildman–Crippen LogP) is 3.28. The molecule has 1 fully saturated rings. The van der Waals surface area contributed by atoms with Crippen molar-refractivity contribution in [3.8, 4) is 0 Å². The lowest BCUT2D eigenvalue weighted by Gasteiger charge is -2.37. The molecule has 1 aromatic rings. The van der Waals surface area contributed by atoms with Gasteiger partial charge in [0.1, 0.15) is 0 Å². The molecule has 0 atom stereocenters. The Morgan fingerprint density at radius 3 is 2.68 bits per heavy atom. The van der Waals surface area contributed by atoms with Gasteiger partial charge in [-0.15, -0.1) is 0 Å². The molecule has 19 heavy (non-hydrogen) atoms. The minimum Gasteiger partial charge on any atom is -0.395 e. The van der Waals surface area contributed by atoms with Crippen LogP contribution in [-0.2, 0) is 0 Å². The van der Waals surface area contributed by atoms with E-state index in [1.807, 2.05) is 0 Å². The van der Waals surface area contributed by atoms with Crippen molar-refractivity contribution in [1.82, 2.24) is 0 Å². The Hall–Kier alpha value is -1.06. The second kappa shape index (κ2) is 6.92. The third-order valence-corrected chi connectivity index (χ3v) is 4.09. The molecule has 0 aromatic heterocycles. The Morgan fingerprint density at radius 1 is 1.32 bits per heavy atom. The Morgan fingerprint density at radius 2 is 2.05 bits per heavy atom. The second-order valence-electron chi connectivity index (χ2n) is 5.00. The van der Waals surface area contributed by atoms with E-state index in [9.17, 15) is 9.90 Å². The molecule has 0 radical (unpaired) electrons. The normalized spacial score (nSPS) is 16.3. The number of halogens is 1. The fourth-order valence-corrected chi connectivity index (χ4v) is 3.20. The van der Waals surface area contributed by atoms with Crippen LogP contribution < -0.4 is 4.90 Å². The number of rotatable bonds is 5. The first-order chi connectivity index (χ1) is 9.27. The molecule has 1 saturated carbocycles. The topological polar surface area (TPSA) is 40.5 Å². The van der Waals surface area contributed by atoms with E-state index in [1.165, 1.54) is 19.3 Å². The van der Waals surface area contributed by atoms with Gasteiger partial charge >= 0.3 is 0 Å². The van der Waals surface area contributed by atoms with E-state index in [1.54, 1.807) is 18.2 Å². The lowest BCUT2D eigenvalue weighted by molar-refractivity contribution is 0.112. The first-order valence-electron chi connectivity index (χ1n) is 6.89. The van der Waals surface area contributed by atoms with Gasteiger partial charge in [0.05, 0.1) is 17.3 Å². The van der Waals surface area contributed by atoms with Gasteiger partial charge in [-0.1, -0.05) is 36.9 Å². The molecule has 1 aliphatic carbocycles. The molecule has 2 rings (SSSR count). The van der Waals surface area contributed by atoms with Crippen LogP contribution in [0.15, 0.2) is 18.2 Å². The molecule has 0 heterocycles. The van der Waals surface area contributed by atoms with E-state index >= 15 is 0 Å². The van der Waals surface area contributed by atoms with E-state index in [4.69, 9.17) is 11.6 Å². The van der Waals surface area contributed by atoms with Crippen molar-refractivity contribution in [3.63, 3.8) is 0 Å². The van der Waals surface area contributed by atoms with Crippen molar-refractivity contribution in [3.05, 3.63) is 28.8 Å². The van der Waals surface area contributed by atoms with Gasteiger partial charge in [0.15, 0.2) is 6.29 Å². The second-order valence-corrected chi connectivity index (χ2v) is 5.41. The van der Waals surface area contributed by atoms with E-state index in [0.29, 0.717) is 23.2 Å². The van der Waals surface area contributed by atoms with E-state index in [-0.39, 0.29) is 6.61 Å². The Bertz CT molecular complexity index is 430. The van der Waals surface area contributed by atoms with Gasteiger partial charge in [-0.25, -0.2) is 0 Å². The third kappa shape index (κ3) is 3.28. The average Bonchev–Trinajstić information content (AvgIpc) is 2.46. The van der Waals surface area contributed by atoms with Gasteiger partial charge in [-0.2, -0.15) is 0 Å². The number of nitrogens with zero attached hydrogens (tertiary/aromatic N) is 1. The summed E-state index contributed by atoms with van der Waals surface area (Å²) < 4.78 is 0. The molecule has 0 aliphatic heterocycles. The summed E-state index contributed by atoms with van der Waals surface area (Å²) in [4.78, 5) is 13.3. The van der Waals surface area contributed by atoms with Gasteiger partial charge in [0.25, 0.3) is 0 Å². The van der Waals surface area contributed by atoms with Crippen molar-refractivity contribution < 1.29 is 9.90 Å². The highest BCUT2D eigenvalue weighted by atomic mass is 35.5. The maximum absolute atomic E-state index is 11.2. The molecular weight excluding hydrogens is 262 g/mol. The maximum atomic E-state index is 11.2. The Kier molecular flexibility index (Phi) is 5.23. The molecule has 1 aliphatic rings. The number of aliphatic hydroxyl groups excluding tert-OH is 1. The lowest BCUT2D eigenvalue weighted by Crippen LogP contribution is -2.39. The molecule has 0 saturated heterocycles. The van der Waals surface area contributed by atoms with Crippen LogP contribution >= 0.6 is 11.6 Å². The van der Waals surface area contributed by atoms with E-state index in [0.717, 1.165) is 24.8 Å². The molecular formula is C15H20ClNO2. The van der Waals surface area contributed by atoms with Gasteiger partial charge in [0, 0.05) is 18.2 Å². The summed E-state index contributed by atoms with van der Waals surface area (Å²) in [7, 11) is 0. The first-order valence-corrected chi connectivity index (χ1v) is 7.27. The van der Waals surface area contributed by atoms with Gasteiger partial charge in [-0.05, 0) is 25.0 Å². The zero-order valence-corrected chi connectivity index (χ0v) is 11.8. The molecule has 0 unspecified atom stereocenters. The third-order valence-electron chi connectivity index (χ3n) is 3.79. The maximum Gasteiger partial charge on any atom is 0.152 e. The molecule has 3 nitrogen and oxygen atoms in total. The van der Waals surface area contributed by atoms with Crippen LogP contribution in [0.5, 0.6) is 0 Å². The number of aldehydes is 1. The van der Waals surface area contributed by atoms with Crippen molar-refractivity contribution in [2.24, 2.45) is 0 Å². The summed E-state index contributed by atoms with van der Waals surface area (Å²) in [5.74, 6) is 0. The number of anilines is 1. The van der Waals surface area contributed by atoms with Crippen LogP contribution in [0, 0.1) is 0 Å². The Balaban J connectivity index is 2.34. The highest BCUT2D eigenvalue weighted by Gasteiger charge is 2.24. The monoisotopic (exact) mass is 281 g/mol. The van der Waals surface area contributed by atoms with Crippen LogP contribution in [0.3, 0.4) is 0 Å². The number of hydrogen-bond acceptors (Lipinski definition) is 3. The van der Waals surface area contributed by atoms with Gasteiger partial charge < -0.3 is 10.0 Å². The quantitative estimate of drug-likeness (QED) is 0.842. The molecule has 1 aromatic carbocycles. The number of carbonyl (C=O) groups excluding carboxylic acids is 1. The highest BCUT2D eigenvalue weighted by Crippen LogP contribution is 2.34. The van der Waals surface area contributed by atoms with Crippen LogP contribution in [-0.4, -0.2) is 30.6 Å². The fourth-order valence-electron chi connectivity index (χ4n) is 2.91. The van der Waals surface area contributed by atoms with Crippen LogP contribution in [0.2, 0.25) is 5.02 Å². The van der Waals surface area contributed by atoms with Gasteiger partial charge in [-0.3, -0.25) is 4.79 Å². The van der Waals surface area contributed by atoms with Gasteiger partial charge in [0.2, 0.25) is 0 Å². The fraction of sp³-hybridized carbons (Fsp3) is 0.533. The summed E-state index contributed by atoms with van der Waals surface area (Å²) in [6.07, 6.45) is 6.72. The van der Waals surface area contributed by atoms with Crippen molar-refractivity contribution in [2.45, 2.75) is 38.1 Å².